The fourth-order valence-corrected chi connectivity index (χ4v) is 4.75. The maximum Gasteiger partial charge on any atom is 0.218 e. The molecule has 7 heteroatoms. The van der Waals surface area contributed by atoms with Crippen LogP contribution in [0.25, 0.3) is 0 Å². The summed E-state index contributed by atoms with van der Waals surface area (Å²) in [6.07, 6.45) is 1.80. The van der Waals surface area contributed by atoms with Crippen LogP contribution in [-0.2, 0) is 22.3 Å². The lowest BCUT2D eigenvalue weighted by atomic mass is 10.2. The van der Waals surface area contributed by atoms with Gasteiger partial charge in [0.05, 0.1) is 22.9 Å². The van der Waals surface area contributed by atoms with E-state index in [2.05, 4.69) is 0 Å². The monoisotopic (exact) mass is 399 g/mol. The standard InChI is InChI=1S/C18H19Cl2NO3S/c1-24-16-7-2-13(3-8-16)11-21(15-5-6-15)25(22,23)12-14-4-9-17(19)18(20)10-14/h2-4,7-10,15H,5-6,11-12H2,1H3. The van der Waals surface area contributed by atoms with E-state index in [0.717, 1.165) is 24.2 Å². The molecule has 0 atom stereocenters. The molecular weight excluding hydrogens is 381 g/mol. The van der Waals surface area contributed by atoms with Gasteiger partial charge in [0.2, 0.25) is 10.0 Å². The van der Waals surface area contributed by atoms with Crippen LogP contribution in [0.3, 0.4) is 0 Å². The lowest BCUT2D eigenvalue weighted by Gasteiger charge is -2.22. The average molecular weight is 400 g/mol. The topological polar surface area (TPSA) is 46.6 Å². The Morgan fingerprint density at radius 3 is 2.24 bits per heavy atom. The first-order valence-corrected chi connectivity index (χ1v) is 10.3. The Hall–Kier alpha value is -1.27. The number of benzene rings is 2. The molecule has 1 saturated carbocycles. The number of methoxy groups -OCH3 is 1. The highest BCUT2D eigenvalue weighted by Gasteiger charge is 2.37. The van der Waals surface area contributed by atoms with Crippen molar-refractivity contribution in [3.8, 4) is 5.75 Å². The van der Waals surface area contributed by atoms with E-state index < -0.39 is 10.0 Å². The van der Waals surface area contributed by atoms with Gasteiger partial charge in [-0.2, -0.15) is 4.31 Å². The van der Waals surface area contributed by atoms with Gasteiger partial charge in [0.15, 0.2) is 0 Å². The number of ether oxygens (including phenoxy) is 1. The van der Waals surface area contributed by atoms with Crippen molar-refractivity contribution in [2.24, 2.45) is 0 Å². The molecule has 1 fully saturated rings. The highest BCUT2D eigenvalue weighted by Crippen LogP contribution is 2.33. The van der Waals surface area contributed by atoms with E-state index in [9.17, 15) is 8.42 Å². The Labute approximate surface area is 158 Å². The molecule has 0 aliphatic heterocycles. The Balaban J connectivity index is 1.79. The summed E-state index contributed by atoms with van der Waals surface area (Å²) in [5, 5.41) is 0.780. The second kappa shape index (κ2) is 7.54. The van der Waals surface area contributed by atoms with Gasteiger partial charge in [-0.3, -0.25) is 0 Å². The molecule has 0 radical (unpaired) electrons. The van der Waals surface area contributed by atoms with E-state index in [1.165, 1.54) is 0 Å². The highest BCUT2D eigenvalue weighted by atomic mass is 35.5. The normalized spacial score (nSPS) is 14.7. The van der Waals surface area contributed by atoms with Gasteiger partial charge in [-0.25, -0.2) is 8.42 Å². The first-order valence-electron chi connectivity index (χ1n) is 7.95. The second-order valence-corrected chi connectivity index (χ2v) is 8.87. The summed E-state index contributed by atoms with van der Waals surface area (Å²) in [4.78, 5) is 0. The van der Waals surface area contributed by atoms with Crippen LogP contribution in [0.1, 0.15) is 24.0 Å². The molecule has 134 valence electrons. The molecule has 0 amide bonds. The number of sulfonamides is 1. The maximum atomic E-state index is 12.9. The first-order chi connectivity index (χ1) is 11.9. The number of rotatable bonds is 7. The van der Waals surface area contributed by atoms with Gasteiger partial charge in [-0.05, 0) is 48.2 Å². The number of nitrogens with zero attached hydrogens (tertiary/aromatic N) is 1. The van der Waals surface area contributed by atoms with Crippen molar-refractivity contribution in [2.45, 2.75) is 31.2 Å². The molecule has 1 aliphatic rings. The molecule has 2 aromatic carbocycles. The van der Waals surface area contributed by atoms with Crippen molar-refractivity contribution < 1.29 is 13.2 Å². The Morgan fingerprint density at radius 2 is 1.68 bits per heavy atom. The molecule has 0 saturated heterocycles. The number of hydrogen-bond acceptors (Lipinski definition) is 3. The third kappa shape index (κ3) is 4.67. The summed E-state index contributed by atoms with van der Waals surface area (Å²) in [5.74, 6) is 0.664. The minimum Gasteiger partial charge on any atom is -0.497 e. The van der Waals surface area contributed by atoms with Gasteiger partial charge < -0.3 is 4.74 Å². The zero-order valence-electron chi connectivity index (χ0n) is 13.8. The van der Waals surface area contributed by atoms with Crippen LogP contribution in [0.5, 0.6) is 5.75 Å². The molecule has 25 heavy (non-hydrogen) atoms. The van der Waals surface area contributed by atoms with Crippen molar-refractivity contribution in [2.75, 3.05) is 7.11 Å². The van der Waals surface area contributed by atoms with Crippen molar-refractivity contribution in [3.05, 3.63) is 63.6 Å². The molecular formula is C18H19Cl2NO3S. The smallest absolute Gasteiger partial charge is 0.218 e. The van der Waals surface area contributed by atoms with Gasteiger partial charge in [0.1, 0.15) is 5.75 Å². The predicted molar refractivity (Wildman–Crippen MR) is 101 cm³/mol. The van der Waals surface area contributed by atoms with Crippen LogP contribution in [0.4, 0.5) is 0 Å². The minimum absolute atomic E-state index is 0.0786. The Kier molecular flexibility index (Phi) is 5.58. The summed E-state index contributed by atoms with van der Waals surface area (Å²) in [6, 6.07) is 12.5. The van der Waals surface area contributed by atoms with Crippen LogP contribution < -0.4 is 4.74 Å². The summed E-state index contributed by atoms with van der Waals surface area (Å²) < 4.78 is 32.6. The first kappa shape index (κ1) is 18.5. The van der Waals surface area contributed by atoms with Gasteiger partial charge in [-0.15, -0.1) is 0 Å². The van der Waals surface area contributed by atoms with E-state index in [1.807, 2.05) is 24.3 Å². The largest absolute Gasteiger partial charge is 0.497 e. The molecule has 4 nitrogen and oxygen atoms in total. The lowest BCUT2D eigenvalue weighted by molar-refractivity contribution is 0.396. The van der Waals surface area contributed by atoms with Gasteiger partial charge in [-0.1, -0.05) is 41.4 Å². The average Bonchev–Trinajstić information content (AvgIpc) is 3.41. The molecule has 0 unspecified atom stereocenters. The van der Waals surface area contributed by atoms with Crippen molar-refractivity contribution in [1.82, 2.24) is 4.31 Å². The third-order valence-corrected chi connectivity index (χ3v) is 6.72. The van der Waals surface area contributed by atoms with Crippen LogP contribution in [0.15, 0.2) is 42.5 Å². The number of halogens is 2. The van der Waals surface area contributed by atoms with E-state index in [1.54, 1.807) is 29.6 Å². The molecule has 2 aromatic rings. The molecule has 0 heterocycles. The molecule has 1 aliphatic carbocycles. The molecule has 0 spiro atoms. The van der Waals surface area contributed by atoms with E-state index in [0.29, 0.717) is 22.2 Å². The van der Waals surface area contributed by atoms with E-state index >= 15 is 0 Å². The Morgan fingerprint density at radius 1 is 1.04 bits per heavy atom. The summed E-state index contributed by atoms with van der Waals surface area (Å²) >= 11 is 11.9. The zero-order chi connectivity index (χ0) is 18.0. The molecule has 0 N–H and O–H groups in total. The molecule has 0 bridgehead atoms. The Bertz CT molecular complexity index is 849. The van der Waals surface area contributed by atoms with Crippen molar-refractivity contribution in [1.29, 1.82) is 0 Å². The SMILES string of the molecule is COc1ccc(CN(C2CC2)S(=O)(=O)Cc2ccc(Cl)c(Cl)c2)cc1. The van der Waals surface area contributed by atoms with Crippen LogP contribution in [-0.4, -0.2) is 25.9 Å². The van der Waals surface area contributed by atoms with Gasteiger partial charge in [0, 0.05) is 12.6 Å². The molecule has 0 aromatic heterocycles. The quantitative estimate of drug-likeness (QED) is 0.688. The van der Waals surface area contributed by atoms with Gasteiger partial charge in [0.25, 0.3) is 0 Å². The van der Waals surface area contributed by atoms with Crippen LogP contribution in [0, 0.1) is 0 Å². The van der Waals surface area contributed by atoms with Crippen molar-refractivity contribution in [3.63, 3.8) is 0 Å². The summed E-state index contributed by atoms with van der Waals surface area (Å²) in [5.41, 5.74) is 1.57. The van der Waals surface area contributed by atoms with E-state index in [-0.39, 0.29) is 11.8 Å². The highest BCUT2D eigenvalue weighted by molar-refractivity contribution is 7.88. The van der Waals surface area contributed by atoms with Crippen molar-refractivity contribution >= 4 is 33.2 Å². The number of hydrogen-bond donors (Lipinski definition) is 0. The maximum absolute atomic E-state index is 12.9. The second-order valence-electron chi connectivity index (χ2n) is 6.13. The summed E-state index contributed by atoms with van der Waals surface area (Å²) in [7, 11) is -1.85. The predicted octanol–water partition coefficient (Wildman–Crippen LogP) is 4.50. The van der Waals surface area contributed by atoms with Crippen LogP contribution in [0.2, 0.25) is 10.0 Å². The van der Waals surface area contributed by atoms with E-state index in [4.69, 9.17) is 27.9 Å². The molecule has 3 rings (SSSR count). The summed E-state index contributed by atoms with van der Waals surface area (Å²) in [6.45, 7) is 0.359. The zero-order valence-corrected chi connectivity index (χ0v) is 16.1. The van der Waals surface area contributed by atoms with Gasteiger partial charge >= 0.3 is 0 Å². The fourth-order valence-electron chi connectivity index (χ4n) is 2.65. The minimum atomic E-state index is -3.46. The third-order valence-electron chi connectivity index (χ3n) is 4.14. The lowest BCUT2D eigenvalue weighted by Crippen LogP contribution is -2.33. The van der Waals surface area contributed by atoms with Crippen LogP contribution >= 0.6 is 23.2 Å². The fraction of sp³-hybridized carbons (Fsp3) is 0.333.